The van der Waals surface area contributed by atoms with Gasteiger partial charge in [-0.25, -0.2) is 0 Å². The highest BCUT2D eigenvalue weighted by Gasteiger charge is 2.21. The predicted molar refractivity (Wildman–Crippen MR) is 108 cm³/mol. The molecule has 3 nitrogen and oxygen atoms in total. The summed E-state index contributed by atoms with van der Waals surface area (Å²) in [6.07, 6.45) is 6.03. The highest BCUT2D eigenvalue weighted by atomic mass is 35.5. The number of halogens is 1. The summed E-state index contributed by atoms with van der Waals surface area (Å²) in [7, 11) is 0. The van der Waals surface area contributed by atoms with Gasteiger partial charge in [-0.2, -0.15) is 0 Å². The summed E-state index contributed by atoms with van der Waals surface area (Å²) >= 11 is 5.93. The number of unbranched alkanes of at least 4 members (excludes halogenated alkanes) is 4. The van der Waals surface area contributed by atoms with Crippen LogP contribution in [-0.2, 0) is 0 Å². The largest absolute Gasteiger partial charge is 0.450 e. The Morgan fingerprint density at radius 1 is 1.00 bits per heavy atom. The lowest BCUT2D eigenvalue weighted by Gasteiger charge is -2.07. The van der Waals surface area contributed by atoms with Crippen molar-refractivity contribution in [2.24, 2.45) is 0 Å². The number of anilines is 1. The van der Waals surface area contributed by atoms with Gasteiger partial charge in [0.1, 0.15) is 5.58 Å². The van der Waals surface area contributed by atoms with Crippen LogP contribution in [0.3, 0.4) is 0 Å². The zero-order chi connectivity index (χ0) is 18.4. The molecule has 0 aliphatic carbocycles. The van der Waals surface area contributed by atoms with E-state index in [1.165, 1.54) is 25.7 Å². The molecule has 0 aliphatic heterocycles. The van der Waals surface area contributed by atoms with Crippen LogP contribution in [0.15, 0.2) is 52.9 Å². The molecule has 4 heteroatoms. The van der Waals surface area contributed by atoms with E-state index in [-0.39, 0.29) is 5.78 Å². The molecule has 0 radical (unpaired) electrons. The van der Waals surface area contributed by atoms with Crippen LogP contribution in [0, 0.1) is 0 Å². The van der Waals surface area contributed by atoms with E-state index in [0.29, 0.717) is 16.3 Å². The van der Waals surface area contributed by atoms with Gasteiger partial charge in [-0.1, -0.05) is 56.3 Å². The third-order valence-electron chi connectivity index (χ3n) is 4.49. The molecular formula is C22H24ClNO2. The molecule has 136 valence electrons. The molecule has 0 amide bonds. The average molecular weight is 370 g/mol. The first-order valence-corrected chi connectivity index (χ1v) is 9.64. The maximum atomic E-state index is 12.9. The van der Waals surface area contributed by atoms with Crippen LogP contribution in [0.4, 0.5) is 5.69 Å². The van der Waals surface area contributed by atoms with Crippen LogP contribution in [0.1, 0.15) is 55.1 Å². The smallest absolute Gasteiger partial charge is 0.230 e. The summed E-state index contributed by atoms with van der Waals surface area (Å²) in [5, 5.41) is 4.99. The molecule has 26 heavy (non-hydrogen) atoms. The van der Waals surface area contributed by atoms with Gasteiger partial charge in [-0.3, -0.25) is 4.79 Å². The van der Waals surface area contributed by atoms with E-state index in [0.717, 1.165) is 29.6 Å². The Bertz CT molecular complexity index is 867. The van der Waals surface area contributed by atoms with Gasteiger partial charge in [0.2, 0.25) is 5.78 Å². The highest BCUT2D eigenvalue weighted by molar-refractivity contribution is 6.30. The van der Waals surface area contributed by atoms with Gasteiger partial charge in [0.05, 0.1) is 5.69 Å². The van der Waals surface area contributed by atoms with E-state index in [1.54, 1.807) is 24.3 Å². The number of para-hydroxylation sites is 1. The highest BCUT2D eigenvalue weighted by Crippen LogP contribution is 2.32. The molecule has 0 saturated carbocycles. The zero-order valence-corrected chi connectivity index (χ0v) is 15.8. The fourth-order valence-electron chi connectivity index (χ4n) is 3.06. The van der Waals surface area contributed by atoms with Crippen LogP contribution in [0.25, 0.3) is 11.0 Å². The number of hydrogen-bond donors (Lipinski definition) is 1. The summed E-state index contributed by atoms with van der Waals surface area (Å²) in [5.41, 5.74) is 2.08. The topological polar surface area (TPSA) is 42.2 Å². The first kappa shape index (κ1) is 18.5. The quantitative estimate of drug-likeness (QED) is 0.337. The Labute approximate surface area is 159 Å². The van der Waals surface area contributed by atoms with Crippen LogP contribution < -0.4 is 5.32 Å². The van der Waals surface area contributed by atoms with Crippen molar-refractivity contribution in [2.45, 2.75) is 39.0 Å². The van der Waals surface area contributed by atoms with Gasteiger partial charge in [0.25, 0.3) is 0 Å². The minimum absolute atomic E-state index is 0.133. The average Bonchev–Trinajstić information content (AvgIpc) is 3.03. The van der Waals surface area contributed by atoms with Crippen molar-refractivity contribution in [3.05, 3.63) is 64.9 Å². The second kappa shape index (κ2) is 8.91. The number of fused-ring (bicyclic) bond motifs is 1. The number of furan rings is 1. The van der Waals surface area contributed by atoms with Gasteiger partial charge < -0.3 is 9.73 Å². The van der Waals surface area contributed by atoms with Crippen LogP contribution in [0.2, 0.25) is 5.02 Å². The Kier molecular flexibility index (Phi) is 6.35. The monoisotopic (exact) mass is 369 g/mol. The van der Waals surface area contributed by atoms with Crippen molar-refractivity contribution in [3.8, 4) is 0 Å². The molecular weight excluding hydrogens is 346 g/mol. The molecule has 2 aromatic carbocycles. The van der Waals surface area contributed by atoms with Crippen molar-refractivity contribution in [2.75, 3.05) is 11.9 Å². The van der Waals surface area contributed by atoms with Crippen molar-refractivity contribution in [1.29, 1.82) is 0 Å². The number of carbonyl (C=O) groups is 1. The molecule has 0 unspecified atom stereocenters. The summed E-state index contributed by atoms with van der Waals surface area (Å²) in [5.74, 6) is 0.230. The molecule has 0 spiro atoms. The molecule has 0 aliphatic rings. The molecule has 0 fully saturated rings. The van der Waals surface area contributed by atoms with E-state index in [9.17, 15) is 4.79 Å². The van der Waals surface area contributed by atoms with Gasteiger partial charge in [-0.15, -0.1) is 0 Å². The SMILES string of the molecule is CCCCCCCNc1c(C(=O)c2ccc(Cl)cc2)oc2ccccc12. The third kappa shape index (κ3) is 4.28. The van der Waals surface area contributed by atoms with Crippen molar-refractivity contribution >= 4 is 34.0 Å². The summed E-state index contributed by atoms with van der Waals surface area (Å²) < 4.78 is 5.90. The lowest BCUT2D eigenvalue weighted by molar-refractivity contribution is 0.101. The van der Waals surface area contributed by atoms with E-state index in [2.05, 4.69) is 12.2 Å². The second-order valence-electron chi connectivity index (χ2n) is 6.48. The predicted octanol–water partition coefficient (Wildman–Crippen LogP) is 6.70. The Morgan fingerprint density at radius 2 is 1.73 bits per heavy atom. The fraction of sp³-hybridized carbons (Fsp3) is 0.318. The molecule has 3 rings (SSSR count). The molecule has 1 aromatic heterocycles. The Hall–Kier alpha value is -2.26. The first-order chi connectivity index (χ1) is 12.7. The van der Waals surface area contributed by atoms with Crippen LogP contribution in [0.5, 0.6) is 0 Å². The van der Waals surface area contributed by atoms with Crippen LogP contribution in [-0.4, -0.2) is 12.3 Å². The fourth-order valence-corrected chi connectivity index (χ4v) is 3.18. The van der Waals surface area contributed by atoms with Gasteiger partial charge in [0.15, 0.2) is 5.76 Å². The lowest BCUT2D eigenvalue weighted by atomic mass is 10.1. The van der Waals surface area contributed by atoms with Gasteiger partial charge in [-0.05, 0) is 42.8 Å². The summed E-state index contributed by atoms with van der Waals surface area (Å²) in [4.78, 5) is 12.9. The van der Waals surface area contributed by atoms with Crippen molar-refractivity contribution in [3.63, 3.8) is 0 Å². The molecule has 1 N–H and O–H groups in total. The molecule has 3 aromatic rings. The van der Waals surface area contributed by atoms with Gasteiger partial charge >= 0.3 is 0 Å². The van der Waals surface area contributed by atoms with Crippen molar-refractivity contribution < 1.29 is 9.21 Å². The summed E-state index contributed by atoms with van der Waals surface area (Å²) in [6, 6.07) is 14.6. The maximum absolute atomic E-state index is 12.9. The lowest BCUT2D eigenvalue weighted by Crippen LogP contribution is -2.07. The third-order valence-corrected chi connectivity index (χ3v) is 4.74. The number of benzene rings is 2. The summed E-state index contributed by atoms with van der Waals surface area (Å²) in [6.45, 7) is 3.04. The molecule has 0 saturated heterocycles. The maximum Gasteiger partial charge on any atom is 0.230 e. The standard InChI is InChI=1S/C22H24ClNO2/c1-2-3-4-5-8-15-24-20-18-9-6-7-10-19(18)26-22(20)21(25)16-11-13-17(23)14-12-16/h6-7,9-14,24H,2-5,8,15H2,1H3. The Balaban J connectivity index is 1.82. The van der Waals surface area contributed by atoms with Gasteiger partial charge in [0, 0.05) is 22.5 Å². The number of nitrogens with one attached hydrogen (secondary N) is 1. The van der Waals surface area contributed by atoms with E-state index >= 15 is 0 Å². The second-order valence-corrected chi connectivity index (χ2v) is 6.92. The van der Waals surface area contributed by atoms with E-state index < -0.39 is 0 Å². The van der Waals surface area contributed by atoms with Crippen LogP contribution >= 0.6 is 11.6 Å². The number of carbonyl (C=O) groups excluding carboxylic acids is 1. The first-order valence-electron chi connectivity index (χ1n) is 9.26. The minimum atomic E-state index is -0.133. The minimum Gasteiger partial charge on any atom is -0.450 e. The van der Waals surface area contributed by atoms with E-state index in [4.69, 9.17) is 16.0 Å². The number of hydrogen-bond acceptors (Lipinski definition) is 3. The Morgan fingerprint density at radius 3 is 2.50 bits per heavy atom. The number of ketones is 1. The number of rotatable bonds is 9. The normalized spacial score (nSPS) is 11.0. The zero-order valence-electron chi connectivity index (χ0n) is 15.1. The van der Waals surface area contributed by atoms with Crippen molar-refractivity contribution in [1.82, 2.24) is 0 Å². The van der Waals surface area contributed by atoms with E-state index in [1.807, 2.05) is 24.3 Å². The molecule has 0 bridgehead atoms. The molecule has 0 atom stereocenters. The molecule has 1 heterocycles.